The van der Waals surface area contributed by atoms with Gasteiger partial charge >= 0.3 is 6.03 Å². The van der Waals surface area contributed by atoms with E-state index >= 15 is 0 Å². The molecule has 3 rings (SSSR count). The van der Waals surface area contributed by atoms with Crippen LogP contribution in [0.1, 0.15) is 0 Å². The molecule has 0 aliphatic carbocycles. The van der Waals surface area contributed by atoms with Crippen LogP contribution in [0.2, 0.25) is 10.0 Å². The van der Waals surface area contributed by atoms with Crippen LogP contribution in [0.25, 0.3) is 0 Å². The number of ether oxygens (including phenoxy) is 1. The van der Waals surface area contributed by atoms with Crippen molar-refractivity contribution in [2.75, 3.05) is 43.5 Å². The van der Waals surface area contributed by atoms with Gasteiger partial charge in [-0.05, 0) is 36.4 Å². The largest absolute Gasteiger partial charge is 0.495 e. The van der Waals surface area contributed by atoms with Crippen molar-refractivity contribution in [3.8, 4) is 5.75 Å². The molecule has 8 heteroatoms. The third-order valence-corrected chi connectivity index (χ3v) is 4.82. The van der Waals surface area contributed by atoms with Crippen LogP contribution >= 0.6 is 23.2 Å². The van der Waals surface area contributed by atoms with Gasteiger partial charge in [-0.1, -0.05) is 23.2 Å². The van der Waals surface area contributed by atoms with Crippen LogP contribution in [0.4, 0.5) is 20.6 Å². The van der Waals surface area contributed by atoms with E-state index in [-0.39, 0.29) is 11.1 Å². The number of nitrogens with one attached hydrogen (secondary N) is 1. The van der Waals surface area contributed by atoms with Gasteiger partial charge in [0.25, 0.3) is 0 Å². The molecular formula is C18H18Cl2FN3O2. The molecule has 5 nitrogen and oxygen atoms in total. The van der Waals surface area contributed by atoms with Crippen molar-refractivity contribution >= 4 is 40.6 Å². The molecule has 26 heavy (non-hydrogen) atoms. The molecule has 0 saturated carbocycles. The Bertz CT molecular complexity index is 811. The number of nitrogens with zero attached hydrogens (tertiary/aromatic N) is 2. The number of hydrogen-bond donors (Lipinski definition) is 1. The monoisotopic (exact) mass is 397 g/mol. The fraction of sp³-hybridized carbons (Fsp3) is 0.278. The fourth-order valence-electron chi connectivity index (χ4n) is 2.80. The molecule has 1 aliphatic rings. The highest BCUT2D eigenvalue weighted by Crippen LogP contribution is 2.27. The number of rotatable bonds is 3. The topological polar surface area (TPSA) is 44.8 Å². The minimum absolute atomic E-state index is 0.0963. The zero-order valence-corrected chi connectivity index (χ0v) is 15.6. The summed E-state index contributed by atoms with van der Waals surface area (Å²) in [5, 5.41) is 3.36. The van der Waals surface area contributed by atoms with Crippen molar-refractivity contribution in [1.82, 2.24) is 4.90 Å². The van der Waals surface area contributed by atoms with Crippen molar-refractivity contribution in [2.24, 2.45) is 0 Å². The molecule has 1 heterocycles. The maximum Gasteiger partial charge on any atom is 0.321 e. The lowest BCUT2D eigenvalue weighted by Gasteiger charge is -2.36. The molecule has 138 valence electrons. The van der Waals surface area contributed by atoms with Gasteiger partial charge in [0, 0.05) is 37.6 Å². The van der Waals surface area contributed by atoms with E-state index in [4.69, 9.17) is 27.9 Å². The minimum Gasteiger partial charge on any atom is -0.495 e. The van der Waals surface area contributed by atoms with E-state index in [0.29, 0.717) is 42.6 Å². The molecule has 1 aliphatic heterocycles. The molecule has 2 amide bonds. The van der Waals surface area contributed by atoms with Gasteiger partial charge in [-0.3, -0.25) is 0 Å². The van der Waals surface area contributed by atoms with Gasteiger partial charge in [0.1, 0.15) is 11.6 Å². The zero-order valence-electron chi connectivity index (χ0n) is 14.1. The van der Waals surface area contributed by atoms with E-state index in [1.807, 2.05) is 0 Å². The first-order valence-electron chi connectivity index (χ1n) is 8.07. The summed E-state index contributed by atoms with van der Waals surface area (Å²) in [6.45, 7) is 2.37. The predicted octanol–water partition coefficient (Wildman–Crippen LogP) is 4.50. The number of piperazine rings is 1. The van der Waals surface area contributed by atoms with Crippen LogP contribution in [0, 0.1) is 5.82 Å². The van der Waals surface area contributed by atoms with Crippen molar-refractivity contribution in [3.63, 3.8) is 0 Å². The third-order valence-electron chi connectivity index (χ3n) is 4.24. The summed E-state index contributed by atoms with van der Waals surface area (Å²) in [5.41, 5.74) is 1.45. The number of hydrogen-bond acceptors (Lipinski definition) is 3. The maximum absolute atomic E-state index is 13.3. The third kappa shape index (κ3) is 4.14. The Hall–Kier alpha value is -2.18. The van der Waals surface area contributed by atoms with E-state index in [1.54, 1.807) is 35.2 Å². The fourth-order valence-corrected chi connectivity index (χ4v) is 3.23. The molecule has 2 aromatic carbocycles. The second-order valence-electron chi connectivity index (χ2n) is 5.85. The number of halogens is 3. The van der Waals surface area contributed by atoms with Crippen molar-refractivity contribution in [3.05, 3.63) is 52.3 Å². The van der Waals surface area contributed by atoms with Gasteiger partial charge in [-0.25, -0.2) is 9.18 Å². The second-order valence-corrected chi connectivity index (χ2v) is 6.67. The lowest BCUT2D eigenvalue weighted by Crippen LogP contribution is -2.50. The molecule has 0 radical (unpaired) electrons. The SMILES string of the molecule is COc1ccc(NC(=O)N2CCN(c3ccc(F)c(Cl)c3)CC2)cc1Cl. The van der Waals surface area contributed by atoms with Gasteiger partial charge in [0.15, 0.2) is 0 Å². The maximum atomic E-state index is 13.3. The first-order chi connectivity index (χ1) is 12.5. The Labute approximate surface area is 161 Å². The molecule has 2 aromatic rings. The van der Waals surface area contributed by atoms with Crippen LogP contribution in [-0.2, 0) is 0 Å². The number of amides is 2. The number of carbonyl (C=O) groups excluding carboxylic acids is 1. The molecule has 0 aromatic heterocycles. The van der Waals surface area contributed by atoms with Crippen LogP contribution in [0.5, 0.6) is 5.75 Å². The van der Waals surface area contributed by atoms with Gasteiger partial charge in [0.05, 0.1) is 17.2 Å². The summed E-state index contributed by atoms with van der Waals surface area (Å²) in [6.07, 6.45) is 0. The molecule has 0 spiro atoms. The van der Waals surface area contributed by atoms with Crippen LogP contribution in [0.3, 0.4) is 0 Å². The van der Waals surface area contributed by atoms with Crippen LogP contribution < -0.4 is 15.0 Å². The van der Waals surface area contributed by atoms with E-state index < -0.39 is 5.82 Å². The second kappa shape index (κ2) is 8.01. The quantitative estimate of drug-likeness (QED) is 0.829. The number of benzene rings is 2. The van der Waals surface area contributed by atoms with Crippen LogP contribution in [0.15, 0.2) is 36.4 Å². The van der Waals surface area contributed by atoms with E-state index in [2.05, 4.69) is 10.2 Å². The molecule has 1 fully saturated rings. The smallest absolute Gasteiger partial charge is 0.321 e. The standard InChI is InChI=1S/C18H18Cl2FN3O2/c1-26-17-5-2-12(10-15(17)20)22-18(25)24-8-6-23(7-9-24)13-3-4-16(21)14(19)11-13/h2-5,10-11H,6-9H2,1H3,(H,22,25). The molecular weight excluding hydrogens is 380 g/mol. The highest BCUT2D eigenvalue weighted by atomic mass is 35.5. The summed E-state index contributed by atoms with van der Waals surface area (Å²) in [6, 6.07) is 9.54. The Morgan fingerprint density at radius 1 is 1.08 bits per heavy atom. The lowest BCUT2D eigenvalue weighted by molar-refractivity contribution is 0.208. The number of urea groups is 1. The number of carbonyl (C=O) groups is 1. The Balaban J connectivity index is 1.58. The lowest BCUT2D eigenvalue weighted by atomic mass is 10.2. The average Bonchev–Trinajstić information content (AvgIpc) is 2.64. The van der Waals surface area contributed by atoms with Crippen molar-refractivity contribution < 1.29 is 13.9 Å². The first kappa shape index (κ1) is 18.6. The summed E-state index contributed by atoms with van der Waals surface area (Å²) < 4.78 is 18.4. The minimum atomic E-state index is -0.438. The molecule has 1 N–H and O–H groups in total. The summed E-state index contributed by atoms with van der Waals surface area (Å²) >= 11 is 11.9. The molecule has 1 saturated heterocycles. The summed E-state index contributed by atoms with van der Waals surface area (Å²) in [5.74, 6) is 0.114. The summed E-state index contributed by atoms with van der Waals surface area (Å²) in [7, 11) is 1.53. The van der Waals surface area contributed by atoms with E-state index in [9.17, 15) is 9.18 Å². The van der Waals surface area contributed by atoms with Crippen molar-refractivity contribution in [2.45, 2.75) is 0 Å². The van der Waals surface area contributed by atoms with Gasteiger partial charge in [0.2, 0.25) is 0 Å². The molecule has 0 unspecified atom stereocenters. The van der Waals surface area contributed by atoms with Crippen LogP contribution in [-0.4, -0.2) is 44.2 Å². The van der Waals surface area contributed by atoms with Gasteiger partial charge in [-0.15, -0.1) is 0 Å². The first-order valence-corrected chi connectivity index (χ1v) is 8.83. The zero-order chi connectivity index (χ0) is 18.7. The number of methoxy groups -OCH3 is 1. The summed E-state index contributed by atoms with van der Waals surface area (Å²) in [4.78, 5) is 16.2. The van der Waals surface area contributed by atoms with Gasteiger partial charge in [-0.2, -0.15) is 0 Å². The molecule has 0 atom stereocenters. The average molecular weight is 398 g/mol. The Morgan fingerprint density at radius 3 is 2.42 bits per heavy atom. The predicted molar refractivity (Wildman–Crippen MR) is 102 cm³/mol. The Kier molecular flexibility index (Phi) is 5.74. The van der Waals surface area contributed by atoms with Crippen molar-refractivity contribution in [1.29, 1.82) is 0 Å². The highest BCUT2D eigenvalue weighted by molar-refractivity contribution is 6.32. The normalized spacial score (nSPS) is 14.3. The highest BCUT2D eigenvalue weighted by Gasteiger charge is 2.22. The Morgan fingerprint density at radius 2 is 1.81 bits per heavy atom. The molecule has 0 bridgehead atoms. The van der Waals surface area contributed by atoms with E-state index in [1.165, 1.54) is 13.2 Å². The number of anilines is 2. The van der Waals surface area contributed by atoms with E-state index in [0.717, 1.165) is 5.69 Å². The van der Waals surface area contributed by atoms with Gasteiger partial charge < -0.3 is 19.9 Å².